The normalized spacial score (nSPS) is 13.2. The van der Waals surface area contributed by atoms with E-state index in [1.54, 1.807) is 0 Å². The molecule has 0 spiro atoms. The Kier molecular flexibility index (Phi) is 5.11. The Bertz CT molecular complexity index is 329. The van der Waals surface area contributed by atoms with Crippen LogP contribution in [-0.4, -0.2) is 5.11 Å². The molecule has 0 aliphatic rings. The number of halogens is 2. The molecule has 0 radical (unpaired) electrons. The Morgan fingerprint density at radius 1 is 1.27 bits per heavy atom. The zero-order valence-electron chi connectivity index (χ0n) is 8.80. The van der Waals surface area contributed by atoms with E-state index in [2.05, 4.69) is 59.0 Å². The minimum Gasteiger partial charge on any atom is -0.506 e. The molecule has 0 amide bonds. The molecule has 15 heavy (non-hydrogen) atoms. The van der Waals surface area contributed by atoms with Crippen LogP contribution in [0.3, 0.4) is 0 Å². The van der Waals surface area contributed by atoms with E-state index in [1.165, 1.54) is 0 Å². The van der Waals surface area contributed by atoms with Gasteiger partial charge in [0.1, 0.15) is 5.75 Å². The first-order valence-electron chi connectivity index (χ1n) is 4.85. The maximum atomic E-state index is 9.64. The average Bonchev–Trinajstić information content (AvgIpc) is 2.12. The summed E-state index contributed by atoms with van der Waals surface area (Å²) in [6.45, 7) is 4.33. The highest BCUT2D eigenvalue weighted by Crippen LogP contribution is 2.30. The third-order valence-corrected chi connectivity index (χ3v) is 3.84. The Morgan fingerprint density at radius 2 is 1.73 bits per heavy atom. The molecule has 0 aliphatic heterocycles. The number of aromatic hydroxyl groups is 1. The van der Waals surface area contributed by atoms with Crippen molar-refractivity contribution >= 4 is 45.2 Å². The summed E-state index contributed by atoms with van der Waals surface area (Å²) in [5, 5.41) is 9.64. The molecule has 3 N–H and O–H groups in total. The van der Waals surface area contributed by atoms with Gasteiger partial charge in [-0.3, -0.25) is 0 Å². The Morgan fingerprint density at radius 3 is 2.13 bits per heavy atom. The standard InChI is InChI=1S/C11H15I2NO/c1-6(2)3-10(14)7-4-8(12)11(15)9(13)5-7/h4-6,10,15H,3,14H2,1-2H3/t10-/m1/s1. The van der Waals surface area contributed by atoms with Gasteiger partial charge in [0, 0.05) is 6.04 Å². The quantitative estimate of drug-likeness (QED) is 0.719. The zero-order chi connectivity index (χ0) is 11.6. The molecule has 0 aromatic heterocycles. The number of phenols is 1. The van der Waals surface area contributed by atoms with Gasteiger partial charge in [-0.25, -0.2) is 0 Å². The summed E-state index contributed by atoms with van der Waals surface area (Å²) in [5.41, 5.74) is 7.20. The highest BCUT2D eigenvalue weighted by atomic mass is 127. The lowest BCUT2D eigenvalue weighted by Crippen LogP contribution is -2.13. The van der Waals surface area contributed by atoms with Crippen molar-refractivity contribution in [3.63, 3.8) is 0 Å². The second-order valence-corrected chi connectivity index (χ2v) is 6.39. The molecule has 0 bridgehead atoms. The van der Waals surface area contributed by atoms with E-state index >= 15 is 0 Å². The maximum Gasteiger partial charge on any atom is 0.142 e. The second kappa shape index (κ2) is 5.67. The molecule has 4 heteroatoms. The van der Waals surface area contributed by atoms with E-state index in [1.807, 2.05) is 12.1 Å². The van der Waals surface area contributed by atoms with Crippen molar-refractivity contribution in [3.8, 4) is 5.75 Å². The van der Waals surface area contributed by atoms with Crippen molar-refractivity contribution in [1.29, 1.82) is 0 Å². The number of hydrogen-bond donors (Lipinski definition) is 2. The Hall–Kier alpha value is 0.440. The molecule has 0 heterocycles. The van der Waals surface area contributed by atoms with Gasteiger partial charge in [-0.05, 0) is 75.2 Å². The van der Waals surface area contributed by atoms with Gasteiger partial charge in [0.25, 0.3) is 0 Å². The van der Waals surface area contributed by atoms with Gasteiger partial charge in [-0.15, -0.1) is 0 Å². The van der Waals surface area contributed by atoms with Gasteiger partial charge < -0.3 is 10.8 Å². The maximum absolute atomic E-state index is 9.64. The molecule has 1 aromatic carbocycles. The van der Waals surface area contributed by atoms with Crippen molar-refractivity contribution in [3.05, 3.63) is 24.8 Å². The zero-order valence-corrected chi connectivity index (χ0v) is 13.1. The minimum absolute atomic E-state index is 0.0626. The van der Waals surface area contributed by atoms with Crippen molar-refractivity contribution in [1.82, 2.24) is 0 Å². The van der Waals surface area contributed by atoms with E-state index in [9.17, 15) is 5.11 Å². The fourth-order valence-electron chi connectivity index (χ4n) is 1.44. The molecule has 2 nitrogen and oxygen atoms in total. The molecule has 0 fully saturated rings. The molecule has 84 valence electrons. The Labute approximate surface area is 118 Å². The number of hydrogen-bond acceptors (Lipinski definition) is 2. The first kappa shape index (κ1) is 13.5. The molecule has 0 saturated heterocycles. The summed E-state index contributed by atoms with van der Waals surface area (Å²) in [6.07, 6.45) is 0.969. The lowest BCUT2D eigenvalue weighted by molar-refractivity contribution is 0.465. The van der Waals surface area contributed by atoms with Crippen LogP contribution in [0.2, 0.25) is 0 Å². The SMILES string of the molecule is CC(C)C[C@@H](N)c1cc(I)c(O)c(I)c1. The summed E-state index contributed by atoms with van der Waals surface area (Å²) in [7, 11) is 0. The topological polar surface area (TPSA) is 46.2 Å². The van der Waals surface area contributed by atoms with Crippen LogP contribution >= 0.6 is 45.2 Å². The Balaban J connectivity index is 2.95. The summed E-state index contributed by atoms with van der Waals surface area (Å²) in [5.74, 6) is 0.945. The molecular weight excluding hydrogens is 416 g/mol. The van der Waals surface area contributed by atoms with Crippen molar-refractivity contribution in [2.24, 2.45) is 11.7 Å². The van der Waals surface area contributed by atoms with Gasteiger partial charge in [0.15, 0.2) is 0 Å². The van der Waals surface area contributed by atoms with Crippen molar-refractivity contribution < 1.29 is 5.11 Å². The minimum atomic E-state index is 0.0626. The summed E-state index contributed by atoms with van der Waals surface area (Å²) >= 11 is 4.26. The van der Waals surface area contributed by atoms with Crippen LogP contribution in [0.15, 0.2) is 12.1 Å². The average molecular weight is 431 g/mol. The smallest absolute Gasteiger partial charge is 0.142 e. The summed E-state index contributed by atoms with van der Waals surface area (Å²) < 4.78 is 1.74. The molecule has 0 unspecified atom stereocenters. The number of phenolic OH excluding ortho intramolecular Hbond substituents is 1. The van der Waals surface area contributed by atoms with Gasteiger partial charge >= 0.3 is 0 Å². The largest absolute Gasteiger partial charge is 0.506 e. The molecule has 1 rings (SSSR count). The van der Waals surface area contributed by atoms with E-state index < -0.39 is 0 Å². The predicted octanol–water partition coefficient (Wildman–Crippen LogP) is 3.65. The van der Waals surface area contributed by atoms with E-state index in [-0.39, 0.29) is 6.04 Å². The van der Waals surface area contributed by atoms with E-state index in [4.69, 9.17) is 5.73 Å². The highest BCUT2D eigenvalue weighted by Gasteiger charge is 2.12. The lowest BCUT2D eigenvalue weighted by atomic mass is 9.98. The lowest BCUT2D eigenvalue weighted by Gasteiger charge is -2.15. The van der Waals surface area contributed by atoms with Crippen LogP contribution in [0.25, 0.3) is 0 Å². The number of benzene rings is 1. The van der Waals surface area contributed by atoms with Crippen LogP contribution in [0, 0.1) is 13.1 Å². The van der Waals surface area contributed by atoms with Gasteiger partial charge in [-0.1, -0.05) is 13.8 Å². The number of nitrogens with two attached hydrogens (primary N) is 1. The van der Waals surface area contributed by atoms with Crippen molar-refractivity contribution in [2.45, 2.75) is 26.3 Å². The third kappa shape index (κ3) is 3.74. The van der Waals surface area contributed by atoms with Gasteiger partial charge in [0.05, 0.1) is 7.14 Å². The number of rotatable bonds is 3. The monoisotopic (exact) mass is 431 g/mol. The molecular formula is C11H15I2NO. The van der Waals surface area contributed by atoms with E-state index in [0.717, 1.165) is 19.1 Å². The molecule has 0 aliphatic carbocycles. The molecule has 1 atom stereocenters. The van der Waals surface area contributed by atoms with Gasteiger partial charge in [-0.2, -0.15) is 0 Å². The fraction of sp³-hybridized carbons (Fsp3) is 0.455. The molecule has 1 aromatic rings. The first-order chi connectivity index (χ1) is 6.91. The fourth-order valence-corrected chi connectivity index (χ4v) is 3.26. The second-order valence-electron chi connectivity index (χ2n) is 4.07. The van der Waals surface area contributed by atoms with Crippen LogP contribution < -0.4 is 5.73 Å². The van der Waals surface area contributed by atoms with Crippen LogP contribution in [-0.2, 0) is 0 Å². The van der Waals surface area contributed by atoms with E-state index in [0.29, 0.717) is 11.7 Å². The third-order valence-electron chi connectivity index (χ3n) is 2.19. The van der Waals surface area contributed by atoms with Crippen LogP contribution in [0.5, 0.6) is 5.75 Å². The summed E-state index contributed by atoms with van der Waals surface area (Å²) in [4.78, 5) is 0. The first-order valence-corrected chi connectivity index (χ1v) is 7.01. The van der Waals surface area contributed by atoms with Crippen LogP contribution in [0.1, 0.15) is 31.9 Å². The van der Waals surface area contributed by atoms with Gasteiger partial charge in [0.2, 0.25) is 0 Å². The predicted molar refractivity (Wildman–Crippen MR) is 79.9 cm³/mol. The van der Waals surface area contributed by atoms with Crippen molar-refractivity contribution in [2.75, 3.05) is 0 Å². The van der Waals surface area contributed by atoms with Crippen LogP contribution in [0.4, 0.5) is 0 Å². The summed E-state index contributed by atoms with van der Waals surface area (Å²) in [6, 6.07) is 3.99. The molecule has 0 saturated carbocycles. The highest BCUT2D eigenvalue weighted by molar-refractivity contribution is 14.1.